The van der Waals surface area contributed by atoms with Crippen molar-refractivity contribution in [1.29, 1.82) is 0 Å². The molecular weight excluding hydrogens is 688 g/mol. The van der Waals surface area contributed by atoms with E-state index >= 15 is 0 Å². The molecule has 14 heteroatoms. The zero-order valence-corrected chi connectivity index (χ0v) is 29.6. The summed E-state index contributed by atoms with van der Waals surface area (Å²) in [7, 11) is 1.54. The molecule has 52 heavy (non-hydrogen) atoms. The van der Waals surface area contributed by atoms with Crippen LogP contribution in [0.3, 0.4) is 0 Å². The standard InChI is InChI=1S/C38H41F6N5O3/c1-6-52-35(50)26-11-13-48(14-12-26)30-19-45-36(46-20-30)49(21-25-15-28(37(39,40)41)18-29(16-25)38(42,43)44)22-33-31(9-7-24(4)47-33)32-17-27(23(2)3)8-10-34(32)51-5/h7-10,15-20,23,26H,6,11-14,21-22H2,1-5H3. The lowest BCUT2D eigenvalue weighted by atomic mass is 9.95. The van der Waals surface area contributed by atoms with E-state index < -0.39 is 30.0 Å². The van der Waals surface area contributed by atoms with E-state index in [0.717, 1.165) is 11.1 Å². The third-order valence-corrected chi connectivity index (χ3v) is 9.04. The van der Waals surface area contributed by atoms with Gasteiger partial charge in [-0.15, -0.1) is 0 Å². The van der Waals surface area contributed by atoms with Crippen molar-refractivity contribution in [1.82, 2.24) is 15.0 Å². The lowest BCUT2D eigenvalue weighted by Crippen LogP contribution is -2.37. The number of aryl methyl sites for hydroxylation is 1. The van der Waals surface area contributed by atoms with Gasteiger partial charge in [-0.1, -0.05) is 26.0 Å². The quantitative estimate of drug-likeness (QED) is 0.112. The Morgan fingerprint density at radius 2 is 1.54 bits per heavy atom. The molecule has 2 aromatic carbocycles. The van der Waals surface area contributed by atoms with Crippen molar-refractivity contribution in [2.45, 2.75) is 71.9 Å². The lowest BCUT2D eigenvalue weighted by Gasteiger charge is -2.32. The van der Waals surface area contributed by atoms with E-state index in [1.54, 1.807) is 33.4 Å². The number of hydrogen-bond donors (Lipinski definition) is 0. The first-order valence-corrected chi connectivity index (χ1v) is 17.0. The molecule has 0 amide bonds. The van der Waals surface area contributed by atoms with Gasteiger partial charge >= 0.3 is 18.3 Å². The van der Waals surface area contributed by atoms with Crippen molar-refractivity contribution in [3.8, 4) is 16.9 Å². The summed E-state index contributed by atoms with van der Waals surface area (Å²) >= 11 is 0. The molecule has 2 aromatic heterocycles. The molecule has 0 saturated carbocycles. The first kappa shape index (κ1) is 38.4. The van der Waals surface area contributed by atoms with Crippen LogP contribution in [0.15, 0.2) is 60.9 Å². The van der Waals surface area contributed by atoms with Crippen molar-refractivity contribution in [3.05, 3.63) is 94.6 Å². The Morgan fingerprint density at radius 1 is 0.904 bits per heavy atom. The molecule has 0 N–H and O–H groups in total. The van der Waals surface area contributed by atoms with Crippen molar-refractivity contribution >= 4 is 17.6 Å². The van der Waals surface area contributed by atoms with Gasteiger partial charge < -0.3 is 19.3 Å². The highest BCUT2D eigenvalue weighted by Gasteiger charge is 2.37. The molecule has 1 fully saturated rings. The first-order valence-electron chi connectivity index (χ1n) is 17.0. The minimum Gasteiger partial charge on any atom is -0.496 e. The van der Waals surface area contributed by atoms with Crippen molar-refractivity contribution in [2.75, 3.05) is 36.6 Å². The maximum atomic E-state index is 13.9. The summed E-state index contributed by atoms with van der Waals surface area (Å²) < 4.78 is 94.0. The Morgan fingerprint density at radius 3 is 2.10 bits per heavy atom. The van der Waals surface area contributed by atoms with Gasteiger partial charge in [0.25, 0.3) is 0 Å². The molecule has 1 aliphatic heterocycles. The Labute approximate surface area is 298 Å². The molecule has 0 unspecified atom stereocenters. The fourth-order valence-electron chi connectivity index (χ4n) is 6.26. The smallest absolute Gasteiger partial charge is 0.416 e. The van der Waals surface area contributed by atoms with Gasteiger partial charge in [0.15, 0.2) is 0 Å². The zero-order chi connectivity index (χ0) is 37.8. The molecule has 0 radical (unpaired) electrons. The number of ether oxygens (including phenoxy) is 2. The fourth-order valence-corrected chi connectivity index (χ4v) is 6.26. The average Bonchev–Trinajstić information content (AvgIpc) is 3.10. The van der Waals surface area contributed by atoms with Crippen LogP contribution in [-0.4, -0.2) is 47.7 Å². The molecule has 5 rings (SSSR count). The minimum atomic E-state index is -5.01. The van der Waals surface area contributed by atoms with E-state index in [1.807, 2.05) is 35.2 Å². The van der Waals surface area contributed by atoms with E-state index in [2.05, 4.69) is 23.8 Å². The normalized spacial score (nSPS) is 14.1. The van der Waals surface area contributed by atoms with Gasteiger partial charge in [0.2, 0.25) is 5.95 Å². The summed E-state index contributed by atoms with van der Waals surface area (Å²) in [5, 5.41) is 0. The Kier molecular flexibility index (Phi) is 11.6. The number of anilines is 2. The Bertz CT molecular complexity index is 1820. The first-order chi connectivity index (χ1) is 24.6. The monoisotopic (exact) mass is 729 g/mol. The number of pyridine rings is 1. The predicted molar refractivity (Wildman–Crippen MR) is 185 cm³/mol. The minimum absolute atomic E-state index is 0.0616. The van der Waals surface area contributed by atoms with Crippen molar-refractivity contribution in [2.24, 2.45) is 5.92 Å². The number of rotatable bonds is 11. The third-order valence-electron chi connectivity index (χ3n) is 9.04. The molecule has 278 valence electrons. The Hall–Kier alpha value is -4.88. The van der Waals surface area contributed by atoms with Crippen molar-refractivity contribution < 1.29 is 40.6 Å². The van der Waals surface area contributed by atoms with Gasteiger partial charge in [-0.05, 0) is 80.1 Å². The van der Waals surface area contributed by atoms with Crippen LogP contribution in [0.2, 0.25) is 0 Å². The number of methoxy groups -OCH3 is 1. The number of aromatic nitrogens is 3. The van der Waals surface area contributed by atoms with Gasteiger partial charge in [-0.3, -0.25) is 9.78 Å². The topological polar surface area (TPSA) is 80.7 Å². The number of benzene rings is 2. The molecule has 8 nitrogen and oxygen atoms in total. The SMILES string of the molecule is CCOC(=O)C1CCN(c2cnc(N(Cc3cc(C(F)(F)F)cc(C(F)(F)F)c3)Cc3nc(C)ccc3-c3cc(C(C)C)ccc3OC)nc2)CC1. The molecule has 0 spiro atoms. The molecule has 1 saturated heterocycles. The van der Waals surface area contributed by atoms with E-state index in [9.17, 15) is 31.1 Å². The van der Waals surface area contributed by atoms with Gasteiger partial charge in [0.1, 0.15) is 5.75 Å². The zero-order valence-electron chi connectivity index (χ0n) is 29.6. The summed E-state index contributed by atoms with van der Waals surface area (Å²) in [4.78, 5) is 29.6. The number of hydrogen-bond acceptors (Lipinski definition) is 8. The molecule has 0 bridgehead atoms. The number of carbonyl (C=O) groups excluding carboxylic acids is 1. The van der Waals surface area contributed by atoms with Gasteiger partial charge in [-0.2, -0.15) is 26.3 Å². The number of nitrogens with zero attached hydrogens (tertiary/aromatic N) is 5. The second-order valence-electron chi connectivity index (χ2n) is 13.1. The highest BCUT2D eigenvalue weighted by Crippen LogP contribution is 2.38. The van der Waals surface area contributed by atoms with E-state index in [-0.39, 0.29) is 41.9 Å². The Balaban J connectivity index is 1.55. The lowest BCUT2D eigenvalue weighted by molar-refractivity contribution is -0.148. The molecule has 1 aliphatic rings. The van der Waals surface area contributed by atoms with Crippen molar-refractivity contribution in [3.63, 3.8) is 0 Å². The van der Waals surface area contributed by atoms with Crippen LogP contribution in [-0.2, 0) is 35.0 Å². The fraction of sp³-hybridized carbons (Fsp3) is 0.421. The van der Waals surface area contributed by atoms with Gasteiger partial charge in [0, 0.05) is 36.5 Å². The molecular formula is C38H41F6N5O3. The number of alkyl halides is 6. The average molecular weight is 730 g/mol. The number of halogens is 6. The van der Waals surface area contributed by atoms with Crippen LogP contribution < -0.4 is 14.5 Å². The van der Waals surface area contributed by atoms with Crippen LogP contribution in [0.1, 0.15) is 73.2 Å². The summed E-state index contributed by atoms with van der Waals surface area (Å²) in [6.45, 7) is 8.60. The second-order valence-corrected chi connectivity index (χ2v) is 13.1. The highest BCUT2D eigenvalue weighted by atomic mass is 19.4. The van der Waals surface area contributed by atoms with Crippen LogP contribution in [0.25, 0.3) is 11.1 Å². The summed E-state index contributed by atoms with van der Waals surface area (Å²) in [6.07, 6.45) is -5.74. The summed E-state index contributed by atoms with van der Waals surface area (Å²) in [6, 6.07) is 11.0. The molecule has 3 heterocycles. The molecule has 4 aromatic rings. The molecule has 0 aliphatic carbocycles. The van der Waals surface area contributed by atoms with E-state index in [4.69, 9.17) is 14.5 Å². The van der Waals surface area contributed by atoms with Crippen LogP contribution in [0.5, 0.6) is 5.75 Å². The maximum absolute atomic E-state index is 13.9. The van der Waals surface area contributed by atoms with Gasteiger partial charge in [0.05, 0.1) is 61.1 Å². The second kappa shape index (κ2) is 15.8. The number of piperidine rings is 1. The third kappa shape index (κ3) is 9.12. The highest BCUT2D eigenvalue weighted by molar-refractivity contribution is 5.74. The largest absolute Gasteiger partial charge is 0.496 e. The van der Waals surface area contributed by atoms with Crippen LogP contribution in [0, 0.1) is 12.8 Å². The van der Waals surface area contributed by atoms with Gasteiger partial charge in [-0.25, -0.2) is 9.97 Å². The number of esters is 1. The van der Waals surface area contributed by atoms with Crippen LogP contribution >= 0.6 is 0 Å². The number of carbonyl (C=O) groups is 1. The summed E-state index contributed by atoms with van der Waals surface area (Å²) in [5.41, 5.74) is 1.20. The molecule has 0 atom stereocenters. The predicted octanol–water partition coefficient (Wildman–Crippen LogP) is 9.00. The van der Waals surface area contributed by atoms with E-state index in [1.165, 1.54) is 4.90 Å². The van der Waals surface area contributed by atoms with Crippen LogP contribution in [0.4, 0.5) is 38.0 Å². The summed E-state index contributed by atoms with van der Waals surface area (Å²) in [5.74, 6) is 0.396. The maximum Gasteiger partial charge on any atom is 0.416 e. The van der Waals surface area contributed by atoms with E-state index in [0.29, 0.717) is 73.1 Å².